The molecule has 0 radical (unpaired) electrons. The number of carbonyl (C=O) groups is 1. The van der Waals surface area contributed by atoms with Crippen LogP contribution < -0.4 is 15.8 Å². The van der Waals surface area contributed by atoms with E-state index in [9.17, 15) is 15.2 Å². The van der Waals surface area contributed by atoms with E-state index in [1.54, 1.807) is 26.0 Å². The third kappa shape index (κ3) is 6.19. The maximum absolute atomic E-state index is 11.7. The van der Waals surface area contributed by atoms with Gasteiger partial charge in [-0.05, 0) is 30.0 Å². The molecule has 0 saturated heterocycles. The highest BCUT2D eigenvalue weighted by molar-refractivity contribution is 5.92. The Labute approximate surface area is 143 Å². The molecule has 1 aromatic rings. The summed E-state index contributed by atoms with van der Waals surface area (Å²) in [5.74, 6) is -0.0159. The van der Waals surface area contributed by atoms with Gasteiger partial charge in [-0.25, -0.2) is 0 Å². The zero-order valence-corrected chi connectivity index (χ0v) is 15.0. The van der Waals surface area contributed by atoms with Crippen molar-refractivity contribution >= 4 is 11.6 Å². The third-order valence-electron chi connectivity index (χ3n) is 3.36. The van der Waals surface area contributed by atoms with Gasteiger partial charge in [0.05, 0.1) is 5.56 Å². The lowest BCUT2D eigenvalue weighted by atomic mass is 9.89. The number of nitrogens with two attached hydrogens (primary N) is 1. The summed E-state index contributed by atoms with van der Waals surface area (Å²) in [7, 11) is 0. The van der Waals surface area contributed by atoms with Gasteiger partial charge in [0, 0.05) is 11.6 Å². The van der Waals surface area contributed by atoms with Crippen LogP contribution in [0, 0.1) is 22.7 Å². The Bertz CT molecular complexity index is 615. The number of anilines is 1. The van der Waals surface area contributed by atoms with Gasteiger partial charge in [-0.2, -0.15) is 5.26 Å². The molecular formula is C18H27N3O3. The Balaban J connectivity index is 2.86. The van der Waals surface area contributed by atoms with Gasteiger partial charge >= 0.3 is 0 Å². The minimum Gasteiger partial charge on any atom is -0.471 e. The summed E-state index contributed by atoms with van der Waals surface area (Å²) in [5, 5.41) is 22.1. The Morgan fingerprint density at radius 3 is 2.54 bits per heavy atom. The Kier molecular flexibility index (Phi) is 6.76. The van der Waals surface area contributed by atoms with E-state index in [1.165, 1.54) is 6.07 Å². The van der Waals surface area contributed by atoms with Crippen LogP contribution in [0.2, 0.25) is 0 Å². The van der Waals surface area contributed by atoms with Crippen LogP contribution in [-0.2, 0) is 4.79 Å². The van der Waals surface area contributed by atoms with Crippen molar-refractivity contribution in [2.24, 2.45) is 17.1 Å². The highest BCUT2D eigenvalue weighted by Gasteiger charge is 2.24. The maximum atomic E-state index is 11.7. The van der Waals surface area contributed by atoms with Crippen LogP contribution in [0.3, 0.4) is 0 Å². The molecule has 0 aromatic heterocycles. The minimum atomic E-state index is -0.938. The van der Waals surface area contributed by atoms with Crippen molar-refractivity contribution in [1.29, 1.82) is 5.26 Å². The molecule has 6 nitrogen and oxygen atoms in total. The number of aliphatic hydroxyl groups is 1. The quantitative estimate of drug-likeness (QED) is 0.693. The standard InChI is InChI=1S/C18H27N3O3/c1-11(2)17(23)21-13-6-7-15(12(8-13)10-19)24-16(20)14(22)9-18(3,4)5/h6-8,11,14,16,22H,9,20H2,1-5H3,(H,21,23). The molecule has 0 spiro atoms. The molecule has 0 aliphatic carbocycles. The molecule has 24 heavy (non-hydrogen) atoms. The molecule has 2 unspecified atom stereocenters. The second-order valence-electron chi connectivity index (χ2n) is 7.38. The van der Waals surface area contributed by atoms with Crippen LogP contribution in [0.15, 0.2) is 18.2 Å². The van der Waals surface area contributed by atoms with Gasteiger partial charge in [-0.1, -0.05) is 34.6 Å². The van der Waals surface area contributed by atoms with E-state index in [0.717, 1.165) is 0 Å². The number of amides is 1. The number of carbonyl (C=O) groups excluding carboxylic acids is 1. The van der Waals surface area contributed by atoms with Gasteiger partial charge < -0.3 is 15.2 Å². The zero-order chi connectivity index (χ0) is 18.5. The molecule has 2 atom stereocenters. The summed E-state index contributed by atoms with van der Waals surface area (Å²) in [4.78, 5) is 11.7. The second-order valence-corrected chi connectivity index (χ2v) is 7.38. The second kappa shape index (κ2) is 8.13. The van der Waals surface area contributed by atoms with Gasteiger partial charge in [0.2, 0.25) is 5.91 Å². The number of ether oxygens (including phenoxy) is 1. The molecule has 0 bridgehead atoms. The molecule has 0 aliphatic rings. The van der Waals surface area contributed by atoms with E-state index in [-0.39, 0.29) is 28.6 Å². The van der Waals surface area contributed by atoms with E-state index in [0.29, 0.717) is 12.1 Å². The van der Waals surface area contributed by atoms with E-state index < -0.39 is 12.3 Å². The Morgan fingerprint density at radius 1 is 1.42 bits per heavy atom. The molecule has 0 saturated carbocycles. The van der Waals surface area contributed by atoms with E-state index in [2.05, 4.69) is 5.32 Å². The molecule has 0 fully saturated rings. The minimum absolute atomic E-state index is 0.0938. The highest BCUT2D eigenvalue weighted by atomic mass is 16.5. The Hall–Kier alpha value is -2.10. The van der Waals surface area contributed by atoms with Crippen molar-refractivity contribution in [2.75, 3.05) is 5.32 Å². The van der Waals surface area contributed by atoms with Crippen molar-refractivity contribution in [3.8, 4) is 11.8 Å². The number of nitrogens with one attached hydrogen (secondary N) is 1. The van der Waals surface area contributed by atoms with E-state index in [1.807, 2.05) is 26.8 Å². The van der Waals surface area contributed by atoms with Gasteiger partial charge in [0.25, 0.3) is 0 Å². The van der Waals surface area contributed by atoms with Crippen molar-refractivity contribution in [3.05, 3.63) is 23.8 Å². The predicted molar refractivity (Wildman–Crippen MR) is 93.3 cm³/mol. The maximum Gasteiger partial charge on any atom is 0.226 e. The predicted octanol–water partition coefficient (Wildman–Crippen LogP) is 2.61. The SMILES string of the molecule is CC(C)C(=O)Nc1ccc(OC(N)C(O)CC(C)(C)C)c(C#N)c1. The molecule has 132 valence electrons. The van der Waals surface area contributed by atoms with Crippen LogP contribution >= 0.6 is 0 Å². The normalized spacial score (nSPS) is 14.0. The number of nitrogens with zero attached hydrogens (tertiary/aromatic N) is 1. The molecule has 1 aromatic carbocycles. The lowest BCUT2D eigenvalue weighted by Crippen LogP contribution is -2.41. The van der Waals surface area contributed by atoms with Crippen LogP contribution in [0.5, 0.6) is 5.75 Å². The first kappa shape index (κ1) is 19.9. The van der Waals surface area contributed by atoms with Crippen LogP contribution in [0.4, 0.5) is 5.69 Å². The van der Waals surface area contributed by atoms with E-state index in [4.69, 9.17) is 10.5 Å². The molecule has 1 amide bonds. The number of nitriles is 1. The van der Waals surface area contributed by atoms with Gasteiger partial charge in [-0.15, -0.1) is 0 Å². The van der Waals surface area contributed by atoms with E-state index >= 15 is 0 Å². The van der Waals surface area contributed by atoms with Crippen molar-refractivity contribution < 1.29 is 14.6 Å². The molecule has 0 heterocycles. The number of hydrogen-bond acceptors (Lipinski definition) is 5. The number of rotatable bonds is 6. The summed E-state index contributed by atoms with van der Waals surface area (Å²) in [5.41, 5.74) is 6.55. The average molecular weight is 333 g/mol. The monoisotopic (exact) mass is 333 g/mol. The fourth-order valence-electron chi connectivity index (χ4n) is 2.05. The summed E-state index contributed by atoms with van der Waals surface area (Å²) in [6, 6.07) is 6.75. The number of benzene rings is 1. The van der Waals surface area contributed by atoms with Crippen LogP contribution in [0.1, 0.15) is 46.6 Å². The summed E-state index contributed by atoms with van der Waals surface area (Å²) < 4.78 is 5.54. The highest BCUT2D eigenvalue weighted by Crippen LogP contribution is 2.26. The average Bonchev–Trinajstić information content (AvgIpc) is 2.46. The first-order valence-corrected chi connectivity index (χ1v) is 7.99. The molecule has 1 rings (SSSR count). The topological polar surface area (TPSA) is 108 Å². The third-order valence-corrected chi connectivity index (χ3v) is 3.36. The fourth-order valence-corrected chi connectivity index (χ4v) is 2.05. The number of hydrogen-bond donors (Lipinski definition) is 3. The molecule has 6 heteroatoms. The van der Waals surface area contributed by atoms with Crippen molar-refractivity contribution in [2.45, 2.75) is 53.4 Å². The number of aliphatic hydroxyl groups excluding tert-OH is 1. The summed E-state index contributed by atoms with van der Waals surface area (Å²) in [6.45, 7) is 9.56. The first-order chi connectivity index (χ1) is 11.0. The Morgan fingerprint density at radius 2 is 2.04 bits per heavy atom. The van der Waals surface area contributed by atoms with Gasteiger partial charge in [0.15, 0.2) is 6.23 Å². The van der Waals surface area contributed by atoms with Crippen molar-refractivity contribution in [3.63, 3.8) is 0 Å². The molecule has 4 N–H and O–H groups in total. The largest absolute Gasteiger partial charge is 0.471 e. The summed E-state index contributed by atoms with van der Waals surface area (Å²) >= 11 is 0. The van der Waals surface area contributed by atoms with Gasteiger partial charge in [-0.3, -0.25) is 10.5 Å². The van der Waals surface area contributed by atoms with Gasteiger partial charge in [0.1, 0.15) is 17.9 Å². The molecule has 0 aliphatic heterocycles. The summed E-state index contributed by atoms with van der Waals surface area (Å²) in [6.07, 6.45) is -1.32. The van der Waals surface area contributed by atoms with Crippen LogP contribution in [-0.4, -0.2) is 23.3 Å². The molecular weight excluding hydrogens is 306 g/mol. The smallest absolute Gasteiger partial charge is 0.226 e. The first-order valence-electron chi connectivity index (χ1n) is 7.99. The lowest BCUT2D eigenvalue weighted by Gasteiger charge is -2.27. The lowest BCUT2D eigenvalue weighted by molar-refractivity contribution is -0.118. The fraction of sp³-hybridized carbons (Fsp3) is 0.556. The zero-order valence-electron chi connectivity index (χ0n) is 15.0. The van der Waals surface area contributed by atoms with Crippen molar-refractivity contribution in [1.82, 2.24) is 0 Å². The van der Waals surface area contributed by atoms with Crippen LogP contribution in [0.25, 0.3) is 0 Å².